The Morgan fingerprint density at radius 3 is 2.57 bits per heavy atom. The number of unbranched alkanes of at least 4 members (excludes halogenated alkanes) is 1. The fourth-order valence-corrected chi connectivity index (χ4v) is 5.19. The molecule has 2 aliphatic rings. The zero-order chi connectivity index (χ0) is 19.8. The molecule has 1 aliphatic carbocycles. The lowest BCUT2D eigenvalue weighted by Crippen LogP contribution is -2.49. The second-order valence-electron chi connectivity index (χ2n) is 8.23. The van der Waals surface area contributed by atoms with Crippen LogP contribution in [0, 0.1) is 5.92 Å². The van der Waals surface area contributed by atoms with E-state index in [2.05, 4.69) is 28.9 Å². The molecule has 2 heterocycles. The van der Waals surface area contributed by atoms with Crippen molar-refractivity contribution in [1.29, 1.82) is 0 Å². The number of anilines is 1. The van der Waals surface area contributed by atoms with Crippen LogP contribution in [0.15, 0.2) is 0 Å². The third kappa shape index (κ3) is 5.82. The Kier molecular flexibility index (Phi) is 8.37. The van der Waals surface area contributed by atoms with Gasteiger partial charge < -0.3 is 14.5 Å². The highest BCUT2D eigenvalue weighted by atomic mass is 32.1. The molecule has 0 N–H and O–H groups in total. The Balaban J connectivity index is 1.42. The van der Waals surface area contributed by atoms with E-state index in [-0.39, 0.29) is 6.09 Å². The molecule has 3 rings (SSSR count). The summed E-state index contributed by atoms with van der Waals surface area (Å²) >= 11 is 1.75. The highest BCUT2D eigenvalue weighted by molar-refractivity contribution is 7.15. The summed E-state index contributed by atoms with van der Waals surface area (Å²) in [6, 6.07) is 0. The van der Waals surface area contributed by atoms with E-state index in [4.69, 9.17) is 4.74 Å². The molecule has 1 aromatic heterocycles. The molecule has 1 aromatic rings. The van der Waals surface area contributed by atoms with E-state index in [0.29, 0.717) is 31.5 Å². The zero-order valence-electron chi connectivity index (χ0n) is 17.6. The van der Waals surface area contributed by atoms with Crippen LogP contribution in [-0.2, 0) is 4.74 Å². The van der Waals surface area contributed by atoms with Crippen LogP contribution in [-0.4, -0.2) is 54.0 Å². The molecule has 1 amide bonds. The maximum absolute atomic E-state index is 12.4. The molecule has 158 valence electrons. The molecule has 1 saturated carbocycles. The van der Waals surface area contributed by atoms with Gasteiger partial charge >= 0.3 is 6.09 Å². The summed E-state index contributed by atoms with van der Waals surface area (Å²) in [7, 11) is 0. The Morgan fingerprint density at radius 1 is 1.14 bits per heavy atom. The van der Waals surface area contributed by atoms with Crippen molar-refractivity contribution in [3.63, 3.8) is 0 Å². The number of piperazine rings is 1. The largest absolute Gasteiger partial charge is 0.449 e. The SMILES string of the molecule is CCCCC(CC)COC(=O)N1CCN(c2nnc(C3CCCCC3)s2)CC1. The number of ether oxygens (including phenoxy) is 1. The van der Waals surface area contributed by atoms with Gasteiger partial charge in [-0.05, 0) is 25.2 Å². The molecule has 1 unspecified atom stereocenters. The highest BCUT2D eigenvalue weighted by Gasteiger charge is 2.26. The van der Waals surface area contributed by atoms with Crippen LogP contribution in [0.2, 0.25) is 0 Å². The van der Waals surface area contributed by atoms with Gasteiger partial charge in [-0.3, -0.25) is 0 Å². The van der Waals surface area contributed by atoms with Crippen LogP contribution in [0.5, 0.6) is 0 Å². The van der Waals surface area contributed by atoms with Crippen molar-refractivity contribution < 1.29 is 9.53 Å². The second-order valence-corrected chi connectivity index (χ2v) is 9.21. The Labute approximate surface area is 173 Å². The zero-order valence-corrected chi connectivity index (χ0v) is 18.4. The van der Waals surface area contributed by atoms with Crippen LogP contribution in [0.4, 0.5) is 9.93 Å². The number of rotatable bonds is 8. The highest BCUT2D eigenvalue weighted by Crippen LogP contribution is 2.36. The normalized spacial score (nSPS) is 19.6. The van der Waals surface area contributed by atoms with Gasteiger partial charge in [-0.2, -0.15) is 0 Å². The fraction of sp³-hybridized carbons (Fsp3) is 0.857. The Bertz CT molecular complexity index is 595. The smallest absolute Gasteiger partial charge is 0.409 e. The molecule has 0 radical (unpaired) electrons. The van der Waals surface area contributed by atoms with Crippen LogP contribution in [0.25, 0.3) is 0 Å². The first-order chi connectivity index (χ1) is 13.7. The molecule has 7 heteroatoms. The predicted molar refractivity (Wildman–Crippen MR) is 114 cm³/mol. The summed E-state index contributed by atoms with van der Waals surface area (Å²) in [6.07, 6.45) is 11.0. The van der Waals surface area contributed by atoms with Gasteiger partial charge in [0.05, 0.1) is 6.61 Å². The van der Waals surface area contributed by atoms with E-state index in [1.807, 2.05) is 4.90 Å². The van der Waals surface area contributed by atoms with Crippen molar-refractivity contribution in [3.8, 4) is 0 Å². The van der Waals surface area contributed by atoms with Gasteiger partial charge in [0.1, 0.15) is 5.01 Å². The van der Waals surface area contributed by atoms with Crippen LogP contribution >= 0.6 is 11.3 Å². The summed E-state index contributed by atoms with van der Waals surface area (Å²) in [5.41, 5.74) is 0. The molecular weight excluding hydrogens is 372 g/mol. The number of carbonyl (C=O) groups is 1. The third-order valence-corrected chi connectivity index (χ3v) is 7.33. The molecule has 0 bridgehead atoms. The predicted octanol–water partition coefficient (Wildman–Crippen LogP) is 5.06. The van der Waals surface area contributed by atoms with Crippen molar-refractivity contribution in [1.82, 2.24) is 15.1 Å². The minimum absolute atomic E-state index is 0.158. The molecule has 0 aromatic carbocycles. The maximum Gasteiger partial charge on any atom is 0.409 e. The minimum atomic E-state index is -0.158. The molecule has 6 nitrogen and oxygen atoms in total. The van der Waals surface area contributed by atoms with E-state index < -0.39 is 0 Å². The van der Waals surface area contributed by atoms with Gasteiger partial charge in [0.2, 0.25) is 5.13 Å². The van der Waals surface area contributed by atoms with Gasteiger partial charge in [-0.15, -0.1) is 10.2 Å². The van der Waals surface area contributed by atoms with Crippen molar-refractivity contribution in [2.75, 3.05) is 37.7 Å². The molecule has 2 fully saturated rings. The van der Waals surface area contributed by atoms with E-state index >= 15 is 0 Å². The molecule has 1 saturated heterocycles. The van der Waals surface area contributed by atoms with E-state index in [0.717, 1.165) is 31.1 Å². The summed E-state index contributed by atoms with van der Waals surface area (Å²) < 4.78 is 5.60. The second kappa shape index (κ2) is 11.0. The summed E-state index contributed by atoms with van der Waals surface area (Å²) in [5, 5.41) is 11.1. The van der Waals surface area contributed by atoms with Crippen LogP contribution < -0.4 is 4.90 Å². The van der Waals surface area contributed by atoms with Crippen molar-refractivity contribution in [2.24, 2.45) is 5.92 Å². The third-order valence-electron chi connectivity index (χ3n) is 6.18. The standard InChI is InChI=1S/C21H36N4O2S/c1-3-5-9-17(4-2)16-27-21(26)25-14-12-24(13-15-25)20-23-22-19(28-20)18-10-7-6-8-11-18/h17-18H,3-16H2,1-2H3. The summed E-state index contributed by atoms with van der Waals surface area (Å²) in [6.45, 7) is 7.94. The summed E-state index contributed by atoms with van der Waals surface area (Å²) in [4.78, 5) is 16.5. The first-order valence-electron chi connectivity index (χ1n) is 11.2. The molecule has 1 atom stereocenters. The van der Waals surface area contributed by atoms with E-state index in [1.165, 1.54) is 50.0 Å². The Hall–Kier alpha value is -1.37. The van der Waals surface area contributed by atoms with Gasteiger partial charge in [-0.25, -0.2) is 4.79 Å². The van der Waals surface area contributed by atoms with Crippen LogP contribution in [0.3, 0.4) is 0 Å². The number of carbonyl (C=O) groups excluding carboxylic acids is 1. The van der Waals surface area contributed by atoms with Crippen molar-refractivity contribution in [3.05, 3.63) is 5.01 Å². The van der Waals surface area contributed by atoms with Crippen LogP contribution in [0.1, 0.15) is 82.6 Å². The summed E-state index contributed by atoms with van der Waals surface area (Å²) in [5.74, 6) is 1.10. The number of hydrogen-bond donors (Lipinski definition) is 0. The number of amides is 1. The number of aromatic nitrogens is 2. The number of hydrogen-bond acceptors (Lipinski definition) is 6. The molecular formula is C21H36N4O2S. The molecule has 28 heavy (non-hydrogen) atoms. The Morgan fingerprint density at radius 2 is 1.89 bits per heavy atom. The molecule has 0 spiro atoms. The molecule has 1 aliphatic heterocycles. The maximum atomic E-state index is 12.4. The monoisotopic (exact) mass is 408 g/mol. The van der Waals surface area contributed by atoms with Crippen molar-refractivity contribution >= 4 is 22.6 Å². The average molecular weight is 409 g/mol. The quantitative estimate of drug-likeness (QED) is 0.602. The first kappa shape index (κ1) is 21.3. The topological polar surface area (TPSA) is 58.6 Å². The lowest BCUT2D eigenvalue weighted by molar-refractivity contribution is 0.0830. The fourth-order valence-electron chi connectivity index (χ4n) is 4.13. The first-order valence-corrected chi connectivity index (χ1v) is 12.0. The minimum Gasteiger partial charge on any atom is -0.449 e. The van der Waals surface area contributed by atoms with Gasteiger partial charge in [-0.1, -0.05) is 63.7 Å². The van der Waals surface area contributed by atoms with E-state index in [1.54, 1.807) is 11.3 Å². The van der Waals surface area contributed by atoms with Gasteiger partial charge in [0, 0.05) is 32.1 Å². The van der Waals surface area contributed by atoms with Gasteiger partial charge in [0.15, 0.2) is 0 Å². The lowest BCUT2D eigenvalue weighted by atomic mass is 9.90. The average Bonchev–Trinajstić information content (AvgIpc) is 3.25. The van der Waals surface area contributed by atoms with Gasteiger partial charge in [0.25, 0.3) is 0 Å². The lowest BCUT2D eigenvalue weighted by Gasteiger charge is -2.33. The van der Waals surface area contributed by atoms with Crippen molar-refractivity contribution in [2.45, 2.75) is 77.6 Å². The number of nitrogens with zero attached hydrogens (tertiary/aromatic N) is 4. The van der Waals surface area contributed by atoms with E-state index in [9.17, 15) is 4.79 Å².